The molecule has 118 valence electrons. The molecular formula is C15H13FN4O3. The number of pyridine rings is 1. The third-order valence-electron chi connectivity index (χ3n) is 3.29. The van der Waals surface area contributed by atoms with E-state index in [2.05, 4.69) is 15.5 Å². The molecule has 2 N–H and O–H groups in total. The van der Waals surface area contributed by atoms with Crippen LogP contribution in [0.1, 0.15) is 5.56 Å². The summed E-state index contributed by atoms with van der Waals surface area (Å²) in [5.74, 6) is -1.18. The third kappa shape index (κ3) is 2.91. The van der Waals surface area contributed by atoms with Crippen LogP contribution in [0.15, 0.2) is 44.5 Å². The van der Waals surface area contributed by atoms with Gasteiger partial charge in [-0.1, -0.05) is 6.07 Å². The van der Waals surface area contributed by atoms with Crippen molar-refractivity contribution in [3.8, 4) is 11.5 Å². The van der Waals surface area contributed by atoms with E-state index in [0.717, 1.165) is 5.56 Å². The number of hydrogen-bond acceptors (Lipinski definition) is 5. The molecule has 7 nitrogen and oxygen atoms in total. The number of nitrogens with zero attached hydrogens (tertiary/aromatic N) is 2. The Morgan fingerprint density at radius 3 is 2.70 bits per heavy atom. The lowest BCUT2D eigenvalue weighted by Crippen LogP contribution is -2.16. The molecule has 0 saturated heterocycles. The van der Waals surface area contributed by atoms with Crippen molar-refractivity contribution in [3.63, 3.8) is 0 Å². The normalized spacial score (nSPS) is 10.7. The number of hydrogen-bond donors (Lipinski definition) is 2. The summed E-state index contributed by atoms with van der Waals surface area (Å²) in [5, 5.41) is 8.73. The highest BCUT2D eigenvalue weighted by molar-refractivity contribution is 5.76. The summed E-state index contributed by atoms with van der Waals surface area (Å²) in [7, 11) is 1.55. The maximum atomic E-state index is 14.0. The van der Waals surface area contributed by atoms with Gasteiger partial charge < -0.3 is 14.3 Å². The van der Waals surface area contributed by atoms with E-state index in [-0.39, 0.29) is 22.8 Å². The minimum atomic E-state index is -0.721. The van der Waals surface area contributed by atoms with Crippen molar-refractivity contribution in [1.29, 1.82) is 0 Å². The molecule has 23 heavy (non-hydrogen) atoms. The number of aromatic amines is 1. The maximum Gasteiger partial charge on any atom is 0.434 e. The number of benzene rings is 1. The van der Waals surface area contributed by atoms with Crippen LogP contribution < -0.4 is 16.6 Å². The predicted molar refractivity (Wildman–Crippen MR) is 82.2 cm³/mol. The van der Waals surface area contributed by atoms with Crippen molar-refractivity contribution < 1.29 is 8.81 Å². The van der Waals surface area contributed by atoms with E-state index in [4.69, 9.17) is 4.42 Å². The second-order valence-corrected chi connectivity index (χ2v) is 5.08. The molecule has 3 aromatic rings. The fourth-order valence-corrected chi connectivity index (χ4v) is 2.12. The SMILES string of the molecule is Cc1ccc(Nc2cc(=O)n(C)cc2-c2n[nH]c(=O)o2)c(F)c1. The molecule has 0 fully saturated rings. The summed E-state index contributed by atoms with van der Waals surface area (Å²) in [6, 6.07) is 5.95. The molecule has 2 heterocycles. The number of anilines is 2. The van der Waals surface area contributed by atoms with Crippen molar-refractivity contribution in [2.24, 2.45) is 7.05 Å². The van der Waals surface area contributed by atoms with Gasteiger partial charge >= 0.3 is 5.76 Å². The first-order chi connectivity index (χ1) is 10.9. The molecule has 0 amide bonds. The largest absolute Gasteiger partial charge is 0.434 e. The molecule has 0 saturated carbocycles. The quantitative estimate of drug-likeness (QED) is 0.770. The first-order valence-corrected chi connectivity index (χ1v) is 6.74. The van der Waals surface area contributed by atoms with Crippen LogP contribution in [0.2, 0.25) is 0 Å². The summed E-state index contributed by atoms with van der Waals surface area (Å²) in [6.45, 7) is 1.77. The Balaban J connectivity index is 2.12. The summed E-state index contributed by atoms with van der Waals surface area (Å²) in [5.41, 5.74) is 1.30. The molecule has 2 aromatic heterocycles. The van der Waals surface area contributed by atoms with Gasteiger partial charge in [0.25, 0.3) is 11.4 Å². The second-order valence-electron chi connectivity index (χ2n) is 5.08. The average molecular weight is 316 g/mol. The van der Waals surface area contributed by atoms with Crippen LogP contribution >= 0.6 is 0 Å². The fraction of sp³-hybridized carbons (Fsp3) is 0.133. The van der Waals surface area contributed by atoms with Gasteiger partial charge in [0, 0.05) is 19.3 Å². The van der Waals surface area contributed by atoms with Gasteiger partial charge in [0.15, 0.2) is 0 Å². The number of aromatic nitrogens is 3. The maximum absolute atomic E-state index is 14.0. The van der Waals surface area contributed by atoms with Gasteiger partial charge in [0.2, 0.25) is 0 Å². The first kappa shape index (κ1) is 14.8. The highest BCUT2D eigenvalue weighted by Gasteiger charge is 2.15. The zero-order valence-electron chi connectivity index (χ0n) is 12.4. The highest BCUT2D eigenvalue weighted by atomic mass is 19.1. The zero-order valence-corrected chi connectivity index (χ0v) is 12.4. The molecule has 0 atom stereocenters. The molecule has 0 unspecified atom stereocenters. The first-order valence-electron chi connectivity index (χ1n) is 6.74. The Labute approximate surface area is 129 Å². The van der Waals surface area contributed by atoms with E-state index in [1.54, 1.807) is 26.1 Å². The van der Waals surface area contributed by atoms with E-state index in [9.17, 15) is 14.0 Å². The van der Waals surface area contributed by atoms with Crippen LogP contribution in [0, 0.1) is 12.7 Å². The summed E-state index contributed by atoms with van der Waals surface area (Å²) < 4.78 is 20.2. The molecule has 0 spiro atoms. The molecule has 8 heteroatoms. The Bertz CT molecular complexity index is 987. The van der Waals surface area contributed by atoms with Crippen LogP contribution in [0.3, 0.4) is 0 Å². The van der Waals surface area contributed by atoms with E-state index < -0.39 is 11.6 Å². The monoisotopic (exact) mass is 316 g/mol. The van der Waals surface area contributed by atoms with Crippen LogP contribution in [0.25, 0.3) is 11.5 Å². The van der Waals surface area contributed by atoms with Gasteiger partial charge in [0.1, 0.15) is 5.82 Å². The van der Waals surface area contributed by atoms with Crippen LogP contribution in [0.5, 0.6) is 0 Å². The topological polar surface area (TPSA) is 92.9 Å². The number of rotatable bonds is 3. The Kier molecular flexibility index (Phi) is 3.57. The number of aryl methyl sites for hydroxylation is 2. The lowest BCUT2D eigenvalue weighted by Gasteiger charge is -2.12. The van der Waals surface area contributed by atoms with E-state index in [0.29, 0.717) is 5.56 Å². The van der Waals surface area contributed by atoms with Crippen LogP contribution in [-0.2, 0) is 7.05 Å². The molecular weight excluding hydrogens is 303 g/mol. The molecule has 0 aliphatic heterocycles. The Morgan fingerprint density at radius 1 is 1.26 bits per heavy atom. The second kappa shape index (κ2) is 5.56. The van der Waals surface area contributed by atoms with Gasteiger partial charge in [-0.15, -0.1) is 5.10 Å². The standard InChI is InChI=1S/C15H13FN4O3/c1-8-3-4-11(10(16)5-8)17-12-6-13(21)20(2)7-9(12)14-18-19-15(22)23-14/h3-7,17H,1-2H3,(H,19,22). The van der Waals surface area contributed by atoms with Gasteiger partial charge in [-0.05, 0) is 24.6 Å². The van der Waals surface area contributed by atoms with Crippen molar-refractivity contribution in [3.05, 3.63) is 62.7 Å². The van der Waals surface area contributed by atoms with E-state index >= 15 is 0 Å². The molecule has 1 aromatic carbocycles. The average Bonchev–Trinajstić information content (AvgIpc) is 2.92. The van der Waals surface area contributed by atoms with Crippen molar-refractivity contribution in [2.45, 2.75) is 6.92 Å². The Hall–Kier alpha value is -3.16. The van der Waals surface area contributed by atoms with Crippen LogP contribution in [-0.4, -0.2) is 14.8 Å². The fourth-order valence-electron chi connectivity index (χ4n) is 2.12. The lowest BCUT2D eigenvalue weighted by molar-refractivity contribution is 0.526. The summed E-state index contributed by atoms with van der Waals surface area (Å²) in [4.78, 5) is 23.0. The van der Waals surface area contributed by atoms with E-state index in [1.807, 2.05) is 0 Å². The number of halogens is 1. The molecule has 0 bridgehead atoms. The molecule has 0 radical (unpaired) electrons. The summed E-state index contributed by atoms with van der Waals surface area (Å²) >= 11 is 0. The predicted octanol–water partition coefficient (Wildman–Crippen LogP) is 1.92. The van der Waals surface area contributed by atoms with Crippen LogP contribution in [0.4, 0.5) is 15.8 Å². The smallest absolute Gasteiger partial charge is 0.388 e. The number of nitrogens with one attached hydrogen (secondary N) is 2. The van der Waals surface area contributed by atoms with Crippen molar-refractivity contribution in [2.75, 3.05) is 5.32 Å². The number of H-pyrrole nitrogens is 1. The van der Waals surface area contributed by atoms with Crippen molar-refractivity contribution in [1.82, 2.24) is 14.8 Å². The zero-order chi connectivity index (χ0) is 16.6. The highest BCUT2D eigenvalue weighted by Crippen LogP contribution is 2.28. The molecule has 3 rings (SSSR count). The Morgan fingerprint density at radius 2 is 2.04 bits per heavy atom. The van der Waals surface area contributed by atoms with Crippen molar-refractivity contribution >= 4 is 11.4 Å². The molecule has 0 aliphatic carbocycles. The molecule has 0 aliphatic rings. The van der Waals surface area contributed by atoms with Gasteiger partial charge in [-0.3, -0.25) is 4.79 Å². The third-order valence-corrected chi connectivity index (χ3v) is 3.29. The minimum absolute atomic E-state index is 0.000574. The minimum Gasteiger partial charge on any atom is -0.388 e. The van der Waals surface area contributed by atoms with E-state index in [1.165, 1.54) is 22.9 Å². The summed E-state index contributed by atoms with van der Waals surface area (Å²) in [6.07, 6.45) is 1.45. The van der Waals surface area contributed by atoms with Gasteiger partial charge in [-0.2, -0.15) is 0 Å². The van der Waals surface area contributed by atoms with Gasteiger partial charge in [-0.25, -0.2) is 14.3 Å². The lowest BCUT2D eigenvalue weighted by atomic mass is 10.2. The van der Waals surface area contributed by atoms with Gasteiger partial charge in [0.05, 0.1) is 16.9 Å².